The number of rotatable bonds is 8. The van der Waals surface area contributed by atoms with E-state index in [1.165, 1.54) is 10.8 Å². The van der Waals surface area contributed by atoms with E-state index in [1.54, 1.807) is 62.2 Å². The molecule has 1 N–H and O–H groups in total. The molecule has 1 aromatic heterocycles. The molecule has 0 bridgehead atoms. The van der Waals surface area contributed by atoms with Crippen LogP contribution in [0, 0.1) is 18.3 Å². The highest BCUT2D eigenvalue weighted by Crippen LogP contribution is 2.18. The molecule has 3 aromatic rings. The Morgan fingerprint density at radius 2 is 1.91 bits per heavy atom. The van der Waals surface area contributed by atoms with Gasteiger partial charge in [-0.15, -0.1) is 0 Å². The van der Waals surface area contributed by atoms with E-state index in [0.29, 0.717) is 35.9 Å². The molecule has 8 heteroatoms. The maximum atomic E-state index is 13.0. The van der Waals surface area contributed by atoms with Crippen molar-refractivity contribution in [3.05, 3.63) is 81.8 Å². The number of amides is 1. The largest absolute Gasteiger partial charge is 0.491 e. The van der Waals surface area contributed by atoms with Gasteiger partial charge in [-0.25, -0.2) is 4.68 Å². The van der Waals surface area contributed by atoms with Crippen molar-refractivity contribution < 1.29 is 14.3 Å². The van der Waals surface area contributed by atoms with Crippen molar-refractivity contribution in [2.24, 2.45) is 7.05 Å². The zero-order chi connectivity index (χ0) is 23.1. The lowest BCUT2D eigenvalue weighted by atomic mass is 10.1. The number of anilines is 1. The highest BCUT2D eigenvalue weighted by molar-refractivity contribution is 6.09. The van der Waals surface area contributed by atoms with Crippen molar-refractivity contribution in [2.45, 2.75) is 6.92 Å². The fourth-order valence-corrected chi connectivity index (χ4v) is 3.15. The van der Waals surface area contributed by atoms with E-state index < -0.39 is 5.91 Å². The van der Waals surface area contributed by atoms with Gasteiger partial charge in [0.1, 0.15) is 29.7 Å². The minimum atomic E-state index is -0.663. The molecule has 8 nitrogen and oxygen atoms in total. The van der Waals surface area contributed by atoms with Crippen LogP contribution in [0.3, 0.4) is 0 Å². The first-order valence-corrected chi connectivity index (χ1v) is 9.95. The second-order valence-electron chi connectivity index (χ2n) is 6.97. The van der Waals surface area contributed by atoms with Crippen LogP contribution in [0.25, 0.3) is 11.8 Å². The van der Waals surface area contributed by atoms with Gasteiger partial charge in [0, 0.05) is 14.2 Å². The minimum Gasteiger partial charge on any atom is -0.491 e. The number of nitrogens with zero attached hydrogens (tertiary/aromatic N) is 3. The zero-order valence-corrected chi connectivity index (χ0v) is 18.2. The van der Waals surface area contributed by atoms with E-state index in [0.717, 1.165) is 0 Å². The van der Waals surface area contributed by atoms with E-state index in [9.17, 15) is 14.9 Å². The summed E-state index contributed by atoms with van der Waals surface area (Å²) in [6.45, 7) is 2.56. The summed E-state index contributed by atoms with van der Waals surface area (Å²) in [6.07, 6.45) is 1.45. The van der Waals surface area contributed by atoms with Crippen molar-refractivity contribution in [1.82, 2.24) is 9.36 Å². The lowest BCUT2D eigenvalue weighted by Crippen LogP contribution is -2.23. The van der Waals surface area contributed by atoms with Crippen molar-refractivity contribution in [1.29, 1.82) is 5.26 Å². The molecule has 164 valence electrons. The first-order chi connectivity index (χ1) is 15.5. The molecular formula is C24H24N4O4. The fourth-order valence-electron chi connectivity index (χ4n) is 3.15. The van der Waals surface area contributed by atoms with Gasteiger partial charge >= 0.3 is 0 Å². The molecule has 0 saturated heterocycles. The molecule has 0 unspecified atom stereocenters. The van der Waals surface area contributed by atoms with Crippen LogP contribution < -0.4 is 15.6 Å². The number of aromatic nitrogens is 2. The van der Waals surface area contributed by atoms with Crippen molar-refractivity contribution in [3.8, 4) is 17.5 Å². The molecule has 0 spiro atoms. The zero-order valence-electron chi connectivity index (χ0n) is 18.2. The summed E-state index contributed by atoms with van der Waals surface area (Å²) in [6, 6.07) is 18.0. The summed E-state index contributed by atoms with van der Waals surface area (Å²) in [4.78, 5) is 25.8. The van der Waals surface area contributed by atoms with E-state index in [1.807, 2.05) is 24.3 Å². The summed E-state index contributed by atoms with van der Waals surface area (Å²) >= 11 is 0. The topological polar surface area (TPSA) is 98.3 Å². The quantitative estimate of drug-likeness (QED) is 0.335. The Hall–Kier alpha value is -4.09. The second kappa shape index (κ2) is 10.3. The van der Waals surface area contributed by atoms with Crippen LogP contribution in [0.2, 0.25) is 0 Å². The number of benzene rings is 2. The van der Waals surface area contributed by atoms with Crippen LogP contribution in [-0.4, -0.2) is 35.6 Å². The number of hydrogen-bond acceptors (Lipinski definition) is 5. The molecule has 0 atom stereocenters. The van der Waals surface area contributed by atoms with Gasteiger partial charge in [0.15, 0.2) is 0 Å². The number of hydrogen-bond donors (Lipinski definition) is 1. The molecule has 0 aliphatic carbocycles. The number of ether oxygens (including phenoxy) is 2. The van der Waals surface area contributed by atoms with Gasteiger partial charge in [-0.1, -0.05) is 30.3 Å². The Bertz CT molecular complexity index is 1230. The monoisotopic (exact) mass is 432 g/mol. The molecule has 0 aliphatic heterocycles. The minimum absolute atomic E-state index is 0.124. The van der Waals surface area contributed by atoms with Gasteiger partial charge < -0.3 is 14.8 Å². The third-order valence-corrected chi connectivity index (χ3v) is 4.88. The van der Waals surface area contributed by atoms with Crippen LogP contribution in [0.15, 0.2) is 65.0 Å². The number of carbonyl (C=O) groups is 1. The summed E-state index contributed by atoms with van der Waals surface area (Å²) < 4.78 is 13.6. The van der Waals surface area contributed by atoms with Gasteiger partial charge in [-0.3, -0.25) is 14.3 Å². The standard InChI is InChI=1S/C24H24N4O4/c1-17-22(24(30)28(27(17)2)20-9-5-4-6-10-20)26-23(29)19(16-25)14-18-8-7-11-21(15-18)32-13-12-31-3/h4-11,14-15H,12-13H2,1-3H3,(H,26,29)/b19-14+. The Morgan fingerprint density at radius 1 is 1.16 bits per heavy atom. The Morgan fingerprint density at radius 3 is 2.59 bits per heavy atom. The third-order valence-electron chi connectivity index (χ3n) is 4.88. The fraction of sp³-hybridized carbons (Fsp3) is 0.208. The molecule has 0 fully saturated rings. The van der Waals surface area contributed by atoms with Crippen molar-refractivity contribution in [2.75, 3.05) is 25.6 Å². The predicted octanol–water partition coefficient (Wildman–Crippen LogP) is 3.06. The number of methoxy groups -OCH3 is 1. The Labute approximate surface area is 185 Å². The molecule has 3 rings (SSSR count). The average molecular weight is 432 g/mol. The SMILES string of the molecule is COCCOc1cccc(/C=C(\C#N)C(=O)Nc2c(C)n(C)n(-c3ccccc3)c2=O)c1. The first-order valence-electron chi connectivity index (χ1n) is 9.95. The van der Waals surface area contributed by atoms with E-state index in [2.05, 4.69) is 5.32 Å². The first kappa shape index (κ1) is 22.6. The molecular weight excluding hydrogens is 408 g/mol. The molecule has 1 amide bonds. The summed E-state index contributed by atoms with van der Waals surface area (Å²) in [5, 5.41) is 12.1. The Kier molecular flexibility index (Phi) is 7.26. The predicted molar refractivity (Wildman–Crippen MR) is 122 cm³/mol. The van der Waals surface area contributed by atoms with Crippen LogP contribution in [0.5, 0.6) is 5.75 Å². The van der Waals surface area contributed by atoms with E-state index in [4.69, 9.17) is 9.47 Å². The smallest absolute Gasteiger partial charge is 0.295 e. The Balaban J connectivity index is 1.86. The van der Waals surface area contributed by atoms with Crippen LogP contribution in [0.1, 0.15) is 11.3 Å². The number of para-hydroxylation sites is 1. The third kappa shape index (κ3) is 4.96. The highest BCUT2D eigenvalue weighted by atomic mass is 16.5. The molecule has 32 heavy (non-hydrogen) atoms. The van der Waals surface area contributed by atoms with Crippen molar-refractivity contribution >= 4 is 17.7 Å². The van der Waals surface area contributed by atoms with Crippen LogP contribution in [-0.2, 0) is 16.6 Å². The molecule has 1 heterocycles. The van der Waals surface area contributed by atoms with E-state index >= 15 is 0 Å². The number of nitrogens with one attached hydrogen (secondary N) is 1. The second-order valence-corrected chi connectivity index (χ2v) is 6.97. The van der Waals surface area contributed by atoms with Gasteiger partial charge in [0.2, 0.25) is 0 Å². The number of carbonyl (C=O) groups excluding carboxylic acids is 1. The van der Waals surface area contributed by atoms with Crippen LogP contribution in [0.4, 0.5) is 5.69 Å². The van der Waals surface area contributed by atoms with Crippen molar-refractivity contribution in [3.63, 3.8) is 0 Å². The average Bonchev–Trinajstić information content (AvgIpc) is 3.01. The van der Waals surface area contributed by atoms with Gasteiger partial charge in [-0.05, 0) is 42.8 Å². The van der Waals surface area contributed by atoms with Gasteiger partial charge in [0.05, 0.1) is 18.0 Å². The highest BCUT2D eigenvalue weighted by Gasteiger charge is 2.20. The maximum absolute atomic E-state index is 13.0. The number of nitriles is 1. The van der Waals surface area contributed by atoms with Crippen LogP contribution >= 0.6 is 0 Å². The molecule has 2 aromatic carbocycles. The van der Waals surface area contributed by atoms with E-state index in [-0.39, 0.29) is 16.8 Å². The molecule has 0 saturated carbocycles. The summed E-state index contributed by atoms with van der Waals surface area (Å²) in [5.41, 5.74) is 1.48. The lowest BCUT2D eigenvalue weighted by Gasteiger charge is -2.07. The summed E-state index contributed by atoms with van der Waals surface area (Å²) in [7, 11) is 3.32. The normalized spacial score (nSPS) is 11.1. The lowest BCUT2D eigenvalue weighted by molar-refractivity contribution is -0.112. The maximum Gasteiger partial charge on any atom is 0.295 e. The summed E-state index contributed by atoms with van der Waals surface area (Å²) in [5.74, 6) is -0.0673. The molecule has 0 aliphatic rings. The van der Waals surface area contributed by atoms with Gasteiger partial charge in [0.25, 0.3) is 11.5 Å². The van der Waals surface area contributed by atoms with Gasteiger partial charge in [-0.2, -0.15) is 5.26 Å². The molecule has 0 radical (unpaired) electrons.